The minimum absolute atomic E-state index is 0.900. The van der Waals surface area contributed by atoms with E-state index in [4.69, 9.17) is 0 Å². The van der Waals surface area contributed by atoms with Crippen molar-refractivity contribution in [3.8, 4) is 0 Å². The molecule has 0 bridgehead atoms. The number of anilines is 1. The zero-order valence-electron chi connectivity index (χ0n) is 9.53. The Balaban J connectivity index is 1.92. The molecule has 0 unspecified atom stereocenters. The summed E-state index contributed by atoms with van der Waals surface area (Å²) in [5.41, 5.74) is 1.90. The van der Waals surface area contributed by atoms with E-state index < -0.39 is 0 Å². The Morgan fingerprint density at radius 3 is 3.00 bits per heavy atom. The Morgan fingerprint density at radius 1 is 1.38 bits per heavy atom. The predicted octanol–water partition coefficient (Wildman–Crippen LogP) is 2.81. The summed E-state index contributed by atoms with van der Waals surface area (Å²) in [6.45, 7) is 4.83. The fourth-order valence-electron chi connectivity index (χ4n) is 1.46. The first-order chi connectivity index (χ1) is 7.75. The second-order valence-electron chi connectivity index (χ2n) is 3.70. The summed E-state index contributed by atoms with van der Waals surface area (Å²) < 4.78 is 0. The Morgan fingerprint density at radius 2 is 2.25 bits per heavy atom. The summed E-state index contributed by atoms with van der Waals surface area (Å²) in [5.74, 6) is 0.900. The Hall–Kier alpha value is -1.42. The van der Waals surface area contributed by atoms with Gasteiger partial charge in [-0.2, -0.15) is 0 Å². The van der Waals surface area contributed by atoms with E-state index in [9.17, 15) is 0 Å². The molecule has 2 heterocycles. The molecule has 2 aromatic rings. The molecule has 3 nitrogen and oxygen atoms in total. The van der Waals surface area contributed by atoms with Crippen LogP contribution in [0.5, 0.6) is 0 Å². The van der Waals surface area contributed by atoms with Crippen LogP contribution in [0.1, 0.15) is 16.3 Å². The van der Waals surface area contributed by atoms with Crippen LogP contribution >= 0.6 is 11.3 Å². The van der Waals surface area contributed by atoms with E-state index in [1.54, 1.807) is 17.5 Å². The number of nitrogens with one attached hydrogen (secondary N) is 1. The molecule has 0 aromatic carbocycles. The third-order valence-corrected chi connectivity index (χ3v) is 3.26. The summed E-state index contributed by atoms with van der Waals surface area (Å²) >= 11 is 1.79. The van der Waals surface area contributed by atoms with Gasteiger partial charge < -0.3 is 5.32 Å². The lowest BCUT2D eigenvalue weighted by atomic mass is 10.3. The molecule has 0 saturated carbocycles. The smallest absolute Gasteiger partial charge is 0.147 e. The Kier molecular flexibility index (Phi) is 3.51. The number of aromatic nitrogens is 2. The van der Waals surface area contributed by atoms with Crippen molar-refractivity contribution in [1.82, 2.24) is 9.97 Å². The molecular weight excluding hydrogens is 218 g/mol. The van der Waals surface area contributed by atoms with Crippen LogP contribution in [0.2, 0.25) is 0 Å². The minimum Gasteiger partial charge on any atom is -0.368 e. The molecule has 0 aliphatic heterocycles. The molecule has 4 heteroatoms. The molecule has 84 valence electrons. The molecule has 0 amide bonds. The van der Waals surface area contributed by atoms with Crippen molar-refractivity contribution in [1.29, 1.82) is 0 Å². The first-order valence-corrected chi connectivity index (χ1v) is 6.20. The molecule has 2 rings (SSSR count). The van der Waals surface area contributed by atoms with Gasteiger partial charge in [-0.05, 0) is 31.7 Å². The van der Waals surface area contributed by atoms with Crippen LogP contribution in [-0.4, -0.2) is 16.5 Å². The normalized spacial score (nSPS) is 10.4. The zero-order chi connectivity index (χ0) is 11.4. The molecular formula is C12H15N3S. The van der Waals surface area contributed by atoms with Crippen molar-refractivity contribution in [2.24, 2.45) is 0 Å². The topological polar surface area (TPSA) is 37.8 Å². The Bertz CT molecular complexity index is 451. The maximum atomic E-state index is 4.42. The van der Waals surface area contributed by atoms with Crippen molar-refractivity contribution in [2.45, 2.75) is 20.3 Å². The fourth-order valence-corrected chi connectivity index (χ4v) is 2.17. The van der Waals surface area contributed by atoms with Crippen molar-refractivity contribution in [3.63, 3.8) is 0 Å². The molecule has 0 fully saturated rings. The van der Waals surface area contributed by atoms with Crippen LogP contribution in [0.4, 0.5) is 5.82 Å². The van der Waals surface area contributed by atoms with Gasteiger partial charge in [-0.3, -0.25) is 4.98 Å². The van der Waals surface area contributed by atoms with E-state index in [0.717, 1.165) is 30.2 Å². The van der Waals surface area contributed by atoms with Gasteiger partial charge in [-0.25, -0.2) is 4.98 Å². The van der Waals surface area contributed by atoms with Gasteiger partial charge >= 0.3 is 0 Å². The summed E-state index contributed by atoms with van der Waals surface area (Å²) in [4.78, 5) is 10.1. The van der Waals surface area contributed by atoms with Gasteiger partial charge in [-0.1, -0.05) is 6.07 Å². The van der Waals surface area contributed by atoms with Gasteiger partial charge in [-0.15, -0.1) is 11.3 Å². The highest BCUT2D eigenvalue weighted by Gasteiger charge is 2.01. The molecule has 0 spiro atoms. The minimum atomic E-state index is 0.900. The zero-order valence-corrected chi connectivity index (χ0v) is 10.3. The maximum Gasteiger partial charge on any atom is 0.147 e. The van der Waals surface area contributed by atoms with Gasteiger partial charge in [0.25, 0.3) is 0 Å². The van der Waals surface area contributed by atoms with Crippen molar-refractivity contribution in [3.05, 3.63) is 40.0 Å². The van der Waals surface area contributed by atoms with Gasteiger partial charge in [0.05, 0.1) is 11.4 Å². The van der Waals surface area contributed by atoms with Crippen molar-refractivity contribution >= 4 is 17.2 Å². The average Bonchev–Trinajstić information content (AvgIpc) is 2.76. The molecule has 16 heavy (non-hydrogen) atoms. The first-order valence-electron chi connectivity index (χ1n) is 5.32. The number of hydrogen-bond donors (Lipinski definition) is 1. The van der Waals surface area contributed by atoms with E-state index in [-0.39, 0.29) is 0 Å². The second kappa shape index (κ2) is 5.07. The molecule has 0 saturated heterocycles. The lowest BCUT2D eigenvalue weighted by molar-refractivity contribution is 0.987. The third kappa shape index (κ3) is 2.79. The lowest BCUT2D eigenvalue weighted by Crippen LogP contribution is -2.08. The van der Waals surface area contributed by atoms with Crippen LogP contribution in [-0.2, 0) is 6.42 Å². The molecule has 0 radical (unpaired) electrons. The van der Waals surface area contributed by atoms with Crippen LogP contribution < -0.4 is 5.32 Å². The summed E-state index contributed by atoms with van der Waals surface area (Å²) in [5, 5.41) is 5.43. The second-order valence-corrected chi connectivity index (χ2v) is 4.73. The van der Waals surface area contributed by atoms with Gasteiger partial charge in [0.2, 0.25) is 0 Å². The van der Waals surface area contributed by atoms with Crippen LogP contribution in [0, 0.1) is 13.8 Å². The van der Waals surface area contributed by atoms with Gasteiger partial charge in [0, 0.05) is 17.6 Å². The molecule has 1 N–H and O–H groups in total. The monoisotopic (exact) mass is 233 g/mol. The standard InChI is InChI=1S/C12H15N3S/c1-9-8-14-10(2)12(15-9)13-6-5-11-4-3-7-16-11/h3-4,7-8H,5-6H2,1-2H3,(H,13,15). The molecule has 0 aliphatic rings. The number of nitrogens with zero attached hydrogens (tertiary/aromatic N) is 2. The maximum absolute atomic E-state index is 4.42. The predicted molar refractivity (Wildman–Crippen MR) is 68.0 cm³/mol. The van der Waals surface area contributed by atoms with Crippen molar-refractivity contribution < 1.29 is 0 Å². The molecule has 0 atom stereocenters. The third-order valence-electron chi connectivity index (χ3n) is 2.32. The van der Waals surface area contributed by atoms with E-state index in [1.807, 2.05) is 13.8 Å². The van der Waals surface area contributed by atoms with Gasteiger partial charge in [0.1, 0.15) is 5.82 Å². The van der Waals surface area contributed by atoms with E-state index >= 15 is 0 Å². The summed E-state index contributed by atoms with van der Waals surface area (Å²) in [7, 11) is 0. The first kappa shape index (κ1) is 11.1. The number of aryl methyl sites for hydroxylation is 2. The molecule has 2 aromatic heterocycles. The number of rotatable bonds is 4. The lowest BCUT2D eigenvalue weighted by Gasteiger charge is -2.07. The highest BCUT2D eigenvalue weighted by atomic mass is 32.1. The average molecular weight is 233 g/mol. The van der Waals surface area contributed by atoms with E-state index in [0.29, 0.717) is 0 Å². The van der Waals surface area contributed by atoms with Crippen LogP contribution in [0.3, 0.4) is 0 Å². The summed E-state index contributed by atoms with van der Waals surface area (Å²) in [6.07, 6.45) is 2.83. The Labute approximate surface area is 99.6 Å². The number of hydrogen-bond acceptors (Lipinski definition) is 4. The van der Waals surface area contributed by atoms with E-state index in [1.165, 1.54) is 4.88 Å². The van der Waals surface area contributed by atoms with Crippen molar-refractivity contribution in [2.75, 3.05) is 11.9 Å². The fraction of sp³-hybridized carbons (Fsp3) is 0.333. The summed E-state index contributed by atoms with van der Waals surface area (Å²) in [6, 6.07) is 4.23. The largest absolute Gasteiger partial charge is 0.368 e. The SMILES string of the molecule is Cc1cnc(C)c(NCCc2cccs2)n1. The van der Waals surface area contributed by atoms with Crippen LogP contribution in [0.15, 0.2) is 23.7 Å². The highest BCUT2D eigenvalue weighted by molar-refractivity contribution is 7.09. The number of thiophene rings is 1. The molecule has 0 aliphatic carbocycles. The van der Waals surface area contributed by atoms with Gasteiger partial charge in [0.15, 0.2) is 0 Å². The highest BCUT2D eigenvalue weighted by Crippen LogP contribution is 2.11. The van der Waals surface area contributed by atoms with E-state index in [2.05, 4.69) is 32.8 Å². The quantitative estimate of drug-likeness (QED) is 0.882. The van der Waals surface area contributed by atoms with Crippen LogP contribution in [0.25, 0.3) is 0 Å².